The quantitative estimate of drug-likeness (QED) is 0.199. The maximum atomic E-state index is 13.8. The molecule has 1 amide bonds. The number of hydrogen-bond acceptors (Lipinski definition) is 5. The Balaban J connectivity index is 1.77. The van der Waals surface area contributed by atoms with Gasteiger partial charge in [0.05, 0.1) is 35.3 Å². The van der Waals surface area contributed by atoms with Crippen LogP contribution in [0.15, 0.2) is 24.5 Å². The summed E-state index contributed by atoms with van der Waals surface area (Å²) in [6, 6.07) is 0.606. The third-order valence-corrected chi connectivity index (χ3v) is 4.51. The highest BCUT2D eigenvalue weighted by Crippen LogP contribution is 2.22. The monoisotopic (exact) mass is 440 g/mol. The van der Waals surface area contributed by atoms with Gasteiger partial charge in [-0.3, -0.25) is 9.48 Å². The molecule has 164 valence electrons. The van der Waals surface area contributed by atoms with E-state index in [0.29, 0.717) is 5.69 Å². The van der Waals surface area contributed by atoms with Crippen molar-refractivity contribution < 1.29 is 27.3 Å². The van der Waals surface area contributed by atoms with E-state index >= 15 is 0 Å². The highest BCUT2D eigenvalue weighted by Gasteiger charge is 2.27. The number of carbonyl (C=O) groups excluding carboxylic acids is 1. The van der Waals surface area contributed by atoms with Crippen molar-refractivity contribution in [3.63, 3.8) is 0 Å². The largest absolute Gasteiger partial charge is 0.390 e. The lowest BCUT2D eigenvalue weighted by Crippen LogP contribution is -2.27. The minimum absolute atomic E-state index is 0.158. The number of nitro groups is 1. The van der Waals surface area contributed by atoms with Crippen molar-refractivity contribution in [2.24, 2.45) is 0 Å². The number of nitrogens with zero attached hydrogens (tertiary/aromatic N) is 5. The molecule has 0 fully saturated rings. The van der Waals surface area contributed by atoms with Gasteiger partial charge in [-0.1, -0.05) is 6.92 Å². The number of halogens is 4. The van der Waals surface area contributed by atoms with Crippen molar-refractivity contribution in [3.05, 3.63) is 69.2 Å². The van der Waals surface area contributed by atoms with Gasteiger partial charge in [-0.15, -0.1) is 0 Å². The predicted molar refractivity (Wildman–Crippen MR) is 99.2 cm³/mol. The lowest BCUT2D eigenvalue weighted by atomic mass is 10.2. The van der Waals surface area contributed by atoms with E-state index in [1.807, 2.05) is 0 Å². The Morgan fingerprint density at radius 1 is 1.23 bits per heavy atom. The second-order valence-electron chi connectivity index (χ2n) is 6.63. The molecule has 0 saturated carbocycles. The molecule has 3 rings (SSSR count). The van der Waals surface area contributed by atoms with Crippen molar-refractivity contribution >= 4 is 17.4 Å². The highest BCUT2D eigenvalue weighted by molar-refractivity contribution is 5.93. The summed E-state index contributed by atoms with van der Waals surface area (Å²) in [5, 5.41) is 21.1. The molecular formula is C18H16F4N6O3. The minimum atomic E-state index is -1.80. The van der Waals surface area contributed by atoms with Crippen LogP contribution in [-0.4, -0.2) is 30.4 Å². The zero-order valence-corrected chi connectivity index (χ0v) is 16.3. The van der Waals surface area contributed by atoms with Gasteiger partial charge < -0.3 is 15.4 Å². The van der Waals surface area contributed by atoms with Crippen molar-refractivity contribution in [1.82, 2.24) is 19.6 Å². The molecular weight excluding hydrogens is 424 g/mol. The molecule has 13 heteroatoms. The molecule has 3 aromatic rings. The van der Waals surface area contributed by atoms with Gasteiger partial charge in [0, 0.05) is 17.8 Å². The highest BCUT2D eigenvalue weighted by atomic mass is 19.2. The van der Waals surface area contributed by atoms with Crippen LogP contribution in [0.1, 0.15) is 30.6 Å². The number of aryl methyl sites for hydroxylation is 1. The Morgan fingerprint density at radius 2 is 1.94 bits per heavy atom. The topological polar surface area (TPSA) is 108 Å². The molecule has 0 aliphatic carbocycles. The molecule has 1 atom stereocenters. The van der Waals surface area contributed by atoms with E-state index in [-0.39, 0.29) is 18.2 Å². The number of amides is 1. The number of rotatable bonds is 7. The maximum Gasteiger partial charge on any atom is 0.390 e. The fourth-order valence-electron chi connectivity index (χ4n) is 3.00. The van der Waals surface area contributed by atoms with Crippen LogP contribution < -0.4 is 5.32 Å². The van der Waals surface area contributed by atoms with Gasteiger partial charge in [-0.05, 0) is 18.3 Å². The zero-order valence-electron chi connectivity index (χ0n) is 16.3. The second kappa shape index (κ2) is 8.53. The average Bonchev–Trinajstić information content (AvgIpc) is 3.31. The standard InChI is InChI=1S/C18H16F4N6O3/c1-3-14(27-9(2)4-15(25-27)28(30)31)18(29)24-10-6-23-26(7-10)8-11-12(19)5-13(20)17(22)16(11)21/h4-7,14H,3,8H2,1-2H3,(H,24,29). The smallest absolute Gasteiger partial charge is 0.358 e. The van der Waals surface area contributed by atoms with Crippen LogP contribution in [0.5, 0.6) is 0 Å². The molecule has 0 saturated heterocycles. The predicted octanol–water partition coefficient (Wildman–Crippen LogP) is 3.49. The van der Waals surface area contributed by atoms with E-state index in [1.165, 1.54) is 23.1 Å². The molecule has 1 unspecified atom stereocenters. The number of anilines is 1. The van der Waals surface area contributed by atoms with Gasteiger partial charge in [0.2, 0.25) is 0 Å². The normalized spacial score (nSPS) is 12.1. The van der Waals surface area contributed by atoms with E-state index in [1.54, 1.807) is 13.8 Å². The lowest BCUT2D eigenvalue weighted by molar-refractivity contribution is -0.389. The van der Waals surface area contributed by atoms with Crippen molar-refractivity contribution in [1.29, 1.82) is 0 Å². The van der Waals surface area contributed by atoms with Gasteiger partial charge in [-0.25, -0.2) is 17.6 Å². The van der Waals surface area contributed by atoms with Crippen LogP contribution >= 0.6 is 0 Å². The summed E-state index contributed by atoms with van der Waals surface area (Å²) in [7, 11) is 0. The van der Waals surface area contributed by atoms with Crippen molar-refractivity contribution in [3.8, 4) is 0 Å². The average molecular weight is 440 g/mol. The van der Waals surface area contributed by atoms with E-state index in [4.69, 9.17) is 0 Å². The van der Waals surface area contributed by atoms with Crippen molar-refractivity contribution in [2.45, 2.75) is 32.9 Å². The first-order chi connectivity index (χ1) is 14.6. The number of nitrogens with one attached hydrogen (secondary N) is 1. The van der Waals surface area contributed by atoms with E-state index in [0.717, 1.165) is 4.68 Å². The Morgan fingerprint density at radius 3 is 2.55 bits per heavy atom. The summed E-state index contributed by atoms with van der Waals surface area (Å²) in [6.45, 7) is 2.71. The van der Waals surface area contributed by atoms with E-state index < -0.39 is 58.1 Å². The summed E-state index contributed by atoms with van der Waals surface area (Å²) in [5.74, 6) is -7.33. The Labute approximate surface area is 172 Å². The minimum Gasteiger partial charge on any atom is -0.358 e. The molecule has 2 heterocycles. The van der Waals surface area contributed by atoms with Crippen LogP contribution in [0.2, 0.25) is 0 Å². The van der Waals surface area contributed by atoms with E-state index in [9.17, 15) is 32.5 Å². The number of benzene rings is 1. The summed E-state index contributed by atoms with van der Waals surface area (Å²) < 4.78 is 56.3. The summed E-state index contributed by atoms with van der Waals surface area (Å²) in [4.78, 5) is 22.9. The summed E-state index contributed by atoms with van der Waals surface area (Å²) in [6.07, 6.45) is 2.70. The first-order valence-electron chi connectivity index (χ1n) is 8.98. The molecule has 0 aliphatic heterocycles. The Kier molecular flexibility index (Phi) is 6.04. The van der Waals surface area contributed by atoms with Crippen LogP contribution in [0, 0.1) is 40.3 Å². The molecule has 2 aromatic heterocycles. The van der Waals surface area contributed by atoms with Gasteiger partial charge in [0.25, 0.3) is 5.91 Å². The first-order valence-corrected chi connectivity index (χ1v) is 8.98. The molecule has 1 aromatic carbocycles. The molecule has 0 bridgehead atoms. The van der Waals surface area contributed by atoms with Crippen LogP contribution in [-0.2, 0) is 11.3 Å². The summed E-state index contributed by atoms with van der Waals surface area (Å²) >= 11 is 0. The summed E-state index contributed by atoms with van der Waals surface area (Å²) in [5.41, 5.74) is -0.161. The fourth-order valence-corrected chi connectivity index (χ4v) is 3.00. The fraction of sp³-hybridized carbons (Fsp3) is 0.278. The van der Waals surface area contributed by atoms with E-state index in [2.05, 4.69) is 15.5 Å². The Bertz CT molecular complexity index is 1160. The Hall–Kier alpha value is -3.77. The van der Waals surface area contributed by atoms with Crippen LogP contribution in [0.25, 0.3) is 0 Å². The molecule has 0 radical (unpaired) electrons. The molecule has 0 spiro atoms. The number of carbonyl (C=O) groups is 1. The van der Waals surface area contributed by atoms with Gasteiger partial charge in [-0.2, -0.15) is 9.78 Å². The van der Waals surface area contributed by atoms with Crippen LogP contribution in [0.4, 0.5) is 29.1 Å². The van der Waals surface area contributed by atoms with Gasteiger partial charge in [0.15, 0.2) is 23.5 Å². The molecule has 31 heavy (non-hydrogen) atoms. The number of hydrogen-bond donors (Lipinski definition) is 1. The van der Waals surface area contributed by atoms with Crippen LogP contribution in [0.3, 0.4) is 0 Å². The lowest BCUT2D eigenvalue weighted by Gasteiger charge is -2.13. The molecule has 1 N–H and O–H groups in total. The SMILES string of the molecule is CCC(C(=O)Nc1cnn(Cc2c(F)cc(F)c(F)c2F)c1)n1nc([N+](=O)[O-])cc1C. The molecule has 9 nitrogen and oxygen atoms in total. The third kappa shape index (κ3) is 4.39. The van der Waals surface area contributed by atoms with Gasteiger partial charge in [0.1, 0.15) is 5.82 Å². The second-order valence-corrected chi connectivity index (χ2v) is 6.63. The van der Waals surface area contributed by atoms with Gasteiger partial charge >= 0.3 is 5.82 Å². The maximum absolute atomic E-state index is 13.8. The first kappa shape index (κ1) is 21.9. The number of aromatic nitrogens is 4. The third-order valence-electron chi connectivity index (χ3n) is 4.51. The zero-order chi connectivity index (χ0) is 22.9. The molecule has 0 aliphatic rings. The van der Waals surface area contributed by atoms with Crippen molar-refractivity contribution in [2.75, 3.05) is 5.32 Å².